The van der Waals surface area contributed by atoms with E-state index in [1.54, 1.807) is 0 Å². The summed E-state index contributed by atoms with van der Waals surface area (Å²) in [5, 5.41) is 8.72. The number of halogens is 3. The normalized spacial score (nSPS) is 10.7. The van der Waals surface area contributed by atoms with E-state index in [2.05, 4.69) is 4.98 Å². The standard InChI is InChI=1S/C9H8ClF2NO2/c1-4-2-5(8(11)12)6(3-10)13-7(4)9(14)15/h2,8H,3H2,1H3,(H,14,15). The van der Waals surface area contributed by atoms with E-state index in [9.17, 15) is 13.6 Å². The lowest BCUT2D eigenvalue weighted by Crippen LogP contribution is -2.08. The zero-order valence-electron chi connectivity index (χ0n) is 7.80. The fourth-order valence-electron chi connectivity index (χ4n) is 1.19. The van der Waals surface area contributed by atoms with Gasteiger partial charge in [0.2, 0.25) is 0 Å². The molecule has 82 valence electrons. The fourth-order valence-corrected chi connectivity index (χ4v) is 1.40. The molecule has 1 heterocycles. The van der Waals surface area contributed by atoms with Gasteiger partial charge in [0.15, 0.2) is 5.69 Å². The molecule has 0 amide bonds. The van der Waals surface area contributed by atoms with Crippen molar-refractivity contribution in [1.29, 1.82) is 0 Å². The van der Waals surface area contributed by atoms with Crippen molar-refractivity contribution in [1.82, 2.24) is 4.98 Å². The monoisotopic (exact) mass is 235 g/mol. The molecule has 6 heteroatoms. The quantitative estimate of drug-likeness (QED) is 0.820. The minimum absolute atomic E-state index is 0.0883. The minimum Gasteiger partial charge on any atom is -0.477 e. The van der Waals surface area contributed by atoms with Crippen LogP contribution in [-0.4, -0.2) is 16.1 Å². The van der Waals surface area contributed by atoms with Crippen LogP contribution < -0.4 is 0 Å². The first kappa shape index (κ1) is 11.8. The highest BCUT2D eigenvalue weighted by molar-refractivity contribution is 6.17. The maximum Gasteiger partial charge on any atom is 0.354 e. The van der Waals surface area contributed by atoms with Gasteiger partial charge in [-0.3, -0.25) is 0 Å². The Kier molecular flexibility index (Phi) is 3.57. The molecule has 1 aromatic heterocycles. The third-order valence-corrected chi connectivity index (χ3v) is 2.14. The number of aromatic nitrogens is 1. The van der Waals surface area contributed by atoms with Gasteiger partial charge in [0, 0.05) is 5.56 Å². The van der Waals surface area contributed by atoms with Crippen LogP contribution in [0.15, 0.2) is 6.07 Å². The molecule has 0 bridgehead atoms. The van der Waals surface area contributed by atoms with Gasteiger partial charge >= 0.3 is 5.97 Å². The predicted molar refractivity (Wildman–Crippen MR) is 50.4 cm³/mol. The summed E-state index contributed by atoms with van der Waals surface area (Å²) in [5.74, 6) is -1.49. The molecule has 0 aliphatic rings. The Bertz CT molecular complexity index is 396. The summed E-state index contributed by atoms with van der Waals surface area (Å²) in [4.78, 5) is 14.3. The number of aryl methyl sites for hydroxylation is 1. The molecule has 1 N–H and O–H groups in total. The van der Waals surface area contributed by atoms with Crippen molar-refractivity contribution < 1.29 is 18.7 Å². The topological polar surface area (TPSA) is 50.2 Å². The fraction of sp³-hybridized carbons (Fsp3) is 0.333. The molecule has 15 heavy (non-hydrogen) atoms. The molecule has 0 unspecified atom stereocenters. The number of carboxylic acids is 1. The van der Waals surface area contributed by atoms with Crippen molar-refractivity contribution in [2.24, 2.45) is 0 Å². The largest absolute Gasteiger partial charge is 0.477 e. The van der Waals surface area contributed by atoms with Crippen LogP contribution in [0.2, 0.25) is 0 Å². The SMILES string of the molecule is Cc1cc(C(F)F)c(CCl)nc1C(=O)O. The number of rotatable bonds is 3. The molecular weight excluding hydrogens is 228 g/mol. The maximum absolute atomic E-state index is 12.5. The predicted octanol–water partition coefficient (Wildman–Crippen LogP) is 2.76. The van der Waals surface area contributed by atoms with Crippen molar-refractivity contribution in [2.75, 3.05) is 0 Å². The van der Waals surface area contributed by atoms with E-state index < -0.39 is 12.4 Å². The van der Waals surface area contributed by atoms with Crippen molar-refractivity contribution >= 4 is 17.6 Å². The molecular formula is C9H8ClF2NO2. The number of hydrogen-bond donors (Lipinski definition) is 1. The number of nitrogens with zero attached hydrogens (tertiary/aromatic N) is 1. The van der Waals surface area contributed by atoms with Crippen LogP contribution in [0.3, 0.4) is 0 Å². The average molecular weight is 236 g/mol. The first-order valence-corrected chi connectivity index (χ1v) is 4.58. The Labute approximate surface area is 89.7 Å². The summed E-state index contributed by atoms with van der Waals surface area (Å²) in [6.07, 6.45) is -2.70. The molecule has 0 atom stereocenters. The van der Waals surface area contributed by atoms with Crippen LogP contribution in [0.5, 0.6) is 0 Å². The number of carboxylic acid groups (broad SMARTS) is 1. The second-order valence-corrected chi connectivity index (χ2v) is 3.20. The van der Waals surface area contributed by atoms with E-state index >= 15 is 0 Å². The third kappa shape index (κ3) is 2.41. The van der Waals surface area contributed by atoms with E-state index in [0.29, 0.717) is 0 Å². The molecule has 0 aliphatic heterocycles. The molecule has 1 aromatic rings. The Balaban J connectivity index is 3.35. The van der Waals surface area contributed by atoms with Gasteiger partial charge in [-0.15, -0.1) is 11.6 Å². The molecule has 3 nitrogen and oxygen atoms in total. The van der Waals surface area contributed by atoms with E-state index in [-0.39, 0.29) is 28.4 Å². The van der Waals surface area contributed by atoms with E-state index in [4.69, 9.17) is 16.7 Å². The molecule has 0 saturated heterocycles. The lowest BCUT2D eigenvalue weighted by atomic mass is 10.1. The van der Waals surface area contributed by atoms with Gasteiger partial charge in [0.25, 0.3) is 6.43 Å². The lowest BCUT2D eigenvalue weighted by Gasteiger charge is -2.08. The minimum atomic E-state index is -2.70. The first-order chi connectivity index (χ1) is 6.97. The number of pyridine rings is 1. The second-order valence-electron chi connectivity index (χ2n) is 2.93. The molecule has 0 spiro atoms. The molecule has 0 radical (unpaired) electrons. The van der Waals surface area contributed by atoms with Crippen molar-refractivity contribution in [3.8, 4) is 0 Å². The number of hydrogen-bond acceptors (Lipinski definition) is 2. The molecule has 0 aliphatic carbocycles. The second kappa shape index (κ2) is 4.53. The van der Waals surface area contributed by atoms with Crippen LogP contribution in [0.1, 0.15) is 33.7 Å². The van der Waals surface area contributed by atoms with Gasteiger partial charge in [0.05, 0.1) is 11.6 Å². The van der Waals surface area contributed by atoms with E-state index in [0.717, 1.165) is 6.07 Å². The Morgan fingerprint density at radius 3 is 2.67 bits per heavy atom. The van der Waals surface area contributed by atoms with Crippen LogP contribution >= 0.6 is 11.6 Å². The molecule has 1 rings (SSSR count). The van der Waals surface area contributed by atoms with Crippen LogP contribution in [0.25, 0.3) is 0 Å². The van der Waals surface area contributed by atoms with Crippen LogP contribution in [-0.2, 0) is 5.88 Å². The van der Waals surface area contributed by atoms with Gasteiger partial charge < -0.3 is 5.11 Å². The summed E-state index contributed by atoms with van der Waals surface area (Å²) < 4.78 is 25.0. The highest BCUT2D eigenvalue weighted by Gasteiger charge is 2.18. The first-order valence-electron chi connectivity index (χ1n) is 4.05. The Hall–Kier alpha value is -1.23. The van der Waals surface area contributed by atoms with E-state index in [1.165, 1.54) is 6.92 Å². The van der Waals surface area contributed by atoms with Crippen molar-refractivity contribution in [3.63, 3.8) is 0 Å². The number of aromatic carboxylic acids is 1. The summed E-state index contributed by atoms with van der Waals surface area (Å²) in [7, 11) is 0. The summed E-state index contributed by atoms with van der Waals surface area (Å²) in [6, 6.07) is 1.11. The smallest absolute Gasteiger partial charge is 0.354 e. The van der Waals surface area contributed by atoms with Gasteiger partial charge in [-0.1, -0.05) is 0 Å². The molecule has 0 saturated carbocycles. The molecule has 0 aromatic carbocycles. The van der Waals surface area contributed by atoms with E-state index in [1.807, 2.05) is 0 Å². The van der Waals surface area contributed by atoms with Gasteiger partial charge in [-0.2, -0.15) is 0 Å². The molecule has 0 fully saturated rings. The van der Waals surface area contributed by atoms with Gasteiger partial charge in [0.1, 0.15) is 0 Å². The lowest BCUT2D eigenvalue weighted by molar-refractivity contribution is 0.0688. The van der Waals surface area contributed by atoms with Crippen LogP contribution in [0.4, 0.5) is 8.78 Å². The van der Waals surface area contributed by atoms with Crippen molar-refractivity contribution in [3.05, 3.63) is 28.6 Å². The highest BCUT2D eigenvalue weighted by atomic mass is 35.5. The van der Waals surface area contributed by atoms with Gasteiger partial charge in [-0.25, -0.2) is 18.6 Å². The Morgan fingerprint density at radius 1 is 1.67 bits per heavy atom. The van der Waals surface area contributed by atoms with Crippen molar-refractivity contribution in [2.45, 2.75) is 19.2 Å². The zero-order valence-corrected chi connectivity index (χ0v) is 8.55. The van der Waals surface area contributed by atoms with Crippen LogP contribution in [0, 0.1) is 6.92 Å². The summed E-state index contributed by atoms with van der Waals surface area (Å²) in [6.45, 7) is 1.42. The Morgan fingerprint density at radius 2 is 2.27 bits per heavy atom. The third-order valence-electron chi connectivity index (χ3n) is 1.89. The highest BCUT2D eigenvalue weighted by Crippen LogP contribution is 2.25. The average Bonchev–Trinajstić information content (AvgIpc) is 2.16. The van der Waals surface area contributed by atoms with Gasteiger partial charge in [-0.05, 0) is 18.6 Å². The zero-order chi connectivity index (χ0) is 11.6. The maximum atomic E-state index is 12.5. The summed E-state index contributed by atoms with van der Waals surface area (Å²) >= 11 is 5.42. The number of carbonyl (C=O) groups is 1. The summed E-state index contributed by atoms with van der Waals surface area (Å²) in [5.41, 5.74) is -0.441. The number of alkyl halides is 3.